The number of hydrogen-bond donors (Lipinski definition) is 0. The smallest absolute Gasteiger partial charge is 0.0793 e. The van der Waals surface area contributed by atoms with Gasteiger partial charge < -0.3 is 9.47 Å². The Bertz CT molecular complexity index is 627. The number of ether oxygens (including phenoxy) is 2. The van der Waals surface area contributed by atoms with Crippen LogP contribution < -0.4 is 0 Å². The van der Waals surface area contributed by atoms with Crippen molar-refractivity contribution in [2.24, 2.45) is 0 Å². The Morgan fingerprint density at radius 1 is 0.521 bits per heavy atom. The lowest BCUT2D eigenvalue weighted by molar-refractivity contribution is -0.209. The lowest BCUT2D eigenvalue weighted by Gasteiger charge is -2.34. The predicted molar refractivity (Wildman–Crippen MR) is 213 cm³/mol. The van der Waals surface area contributed by atoms with Crippen molar-refractivity contribution >= 4 is 0 Å². The number of nitrogens with zero attached hydrogens (tertiary/aromatic N) is 1. The highest BCUT2D eigenvalue weighted by Gasteiger charge is 2.27. The van der Waals surface area contributed by atoms with Gasteiger partial charge in [0.2, 0.25) is 0 Å². The van der Waals surface area contributed by atoms with E-state index in [0.29, 0.717) is 12.1 Å². The summed E-state index contributed by atoms with van der Waals surface area (Å²) in [4.78, 5) is 6.73. The fourth-order valence-electron chi connectivity index (χ4n) is 6.71. The van der Waals surface area contributed by atoms with E-state index in [1.807, 2.05) is 0 Å². The van der Waals surface area contributed by atoms with E-state index >= 15 is 0 Å². The molecule has 0 aliphatic carbocycles. The second-order valence-electron chi connectivity index (χ2n) is 16.4. The molecule has 4 heteroatoms. The van der Waals surface area contributed by atoms with Gasteiger partial charge in [-0.05, 0) is 66.2 Å². The van der Waals surface area contributed by atoms with E-state index in [1.54, 1.807) is 7.11 Å². The Morgan fingerprint density at radius 2 is 0.896 bits per heavy atom. The van der Waals surface area contributed by atoms with Crippen LogP contribution in [0.3, 0.4) is 0 Å². The zero-order valence-corrected chi connectivity index (χ0v) is 34.7. The van der Waals surface area contributed by atoms with Crippen LogP contribution in [0.4, 0.5) is 0 Å². The molecule has 0 amide bonds. The highest BCUT2D eigenvalue weighted by Crippen LogP contribution is 2.26. The summed E-state index contributed by atoms with van der Waals surface area (Å²) in [6, 6.07) is 0.376. The molecule has 48 heavy (non-hydrogen) atoms. The van der Waals surface area contributed by atoms with Crippen molar-refractivity contribution < 1.29 is 14.3 Å². The molecule has 0 aromatic rings. The maximum atomic E-state index is 6.73. The van der Waals surface area contributed by atoms with Crippen LogP contribution in [0.15, 0.2) is 0 Å². The Kier molecular flexibility index (Phi) is 32.6. The third-order valence-corrected chi connectivity index (χ3v) is 11.2. The molecule has 4 nitrogen and oxygen atoms in total. The molecule has 0 aliphatic rings. The molecule has 0 saturated carbocycles. The first-order valence-corrected chi connectivity index (χ1v) is 21.7. The normalized spacial score (nSPS) is 14.3. The van der Waals surface area contributed by atoms with Crippen molar-refractivity contribution in [3.8, 4) is 0 Å². The largest absolute Gasteiger partial charge is 0.379 e. The molecular formula is C44H91NO3. The van der Waals surface area contributed by atoms with Crippen LogP contribution in [-0.2, 0) is 14.3 Å². The molecule has 2 unspecified atom stereocenters. The van der Waals surface area contributed by atoms with Crippen LogP contribution >= 0.6 is 0 Å². The lowest BCUT2D eigenvalue weighted by atomic mass is 9.94. The van der Waals surface area contributed by atoms with Crippen LogP contribution in [0.1, 0.15) is 241 Å². The van der Waals surface area contributed by atoms with Gasteiger partial charge in [-0.3, -0.25) is 4.84 Å². The van der Waals surface area contributed by atoms with Gasteiger partial charge in [0.15, 0.2) is 0 Å². The minimum Gasteiger partial charge on any atom is -0.379 e. The number of methoxy groups -OCH3 is 1. The second-order valence-corrected chi connectivity index (χ2v) is 16.4. The Hall–Kier alpha value is -0.160. The predicted octanol–water partition coefficient (Wildman–Crippen LogP) is 14.6. The minimum atomic E-state index is -0.133. The summed E-state index contributed by atoms with van der Waals surface area (Å²) in [5.41, 5.74) is -0.228. The van der Waals surface area contributed by atoms with Crippen LogP contribution in [0.25, 0.3) is 0 Å². The molecule has 0 radical (unpaired) electrons. The molecular weight excluding hydrogens is 590 g/mol. The second kappa shape index (κ2) is 32.7. The van der Waals surface area contributed by atoms with Crippen molar-refractivity contribution in [2.75, 3.05) is 20.8 Å². The van der Waals surface area contributed by atoms with E-state index in [-0.39, 0.29) is 11.2 Å². The summed E-state index contributed by atoms with van der Waals surface area (Å²) >= 11 is 0. The monoisotopic (exact) mass is 682 g/mol. The molecule has 0 fully saturated rings. The summed E-state index contributed by atoms with van der Waals surface area (Å²) in [5, 5.41) is 2.19. The lowest BCUT2D eigenvalue weighted by Crippen LogP contribution is -2.37. The van der Waals surface area contributed by atoms with Gasteiger partial charge in [-0.1, -0.05) is 175 Å². The number of hydrogen-bond acceptors (Lipinski definition) is 4. The van der Waals surface area contributed by atoms with Crippen LogP contribution in [0.2, 0.25) is 0 Å². The van der Waals surface area contributed by atoms with Crippen molar-refractivity contribution in [2.45, 2.75) is 264 Å². The summed E-state index contributed by atoms with van der Waals surface area (Å²) < 4.78 is 12.0. The number of unbranched alkanes of at least 4 members (excludes halogenated alkanes) is 22. The molecule has 2 atom stereocenters. The molecule has 0 aromatic heterocycles. The SMILES string of the molecule is CCCCCCCCCCCCCCC(CCCCCCCCCCCCCC)ON(C)C(C)CCC(C)(CC)OCCC(C)(C)OC. The summed E-state index contributed by atoms with van der Waals surface area (Å²) in [5.74, 6) is 0. The average molecular weight is 682 g/mol. The third kappa shape index (κ3) is 29.6. The van der Waals surface area contributed by atoms with Crippen LogP contribution in [-0.4, -0.2) is 49.2 Å². The average Bonchev–Trinajstić information content (AvgIpc) is 3.07. The zero-order valence-electron chi connectivity index (χ0n) is 34.7. The Labute approximate surface area is 303 Å². The molecule has 0 aromatic carbocycles. The van der Waals surface area contributed by atoms with Gasteiger partial charge in [0.25, 0.3) is 0 Å². The standard InChI is InChI=1S/C44H91NO3/c1-10-13-15-17-19-21-23-25-27-29-31-33-35-42(36-34-32-30-28-26-24-22-20-18-16-14-11-2)48-45(8)41(4)37-38-44(7,12-3)47-40-39-43(5,6)46-9/h41-42H,10-40H2,1-9H3. The highest BCUT2D eigenvalue weighted by molar-refractivity contribution is 4.77. The van der Waals surface area contributed by atoms with Crippen molar-refractivity contribution in [1.29, 1.82) is 0 Å². The van der Waals surface area contributed by atoms with Crippen LogP contribution in [0.5, 0.6) is 0 Å². The van der Waals surface area contributed by atoms with E-state index < -0.39 is 0 Å². The zero-order chi connectivity index (χ0) is 35.8. The number of hydroxylamine groups is 2. The van der Waals surface area contributed by atoms with Crippen molar-refractivity contribution in [3.63, 3.8) is 0 Å². The summed E-state index contributed by atoms with van der Waals surface area (Å²) in [7, 11) is 3.97. The molecule has 0 spiro atoms. The summed E-state index contributed by atoms with van der Waals surface area (Å²) in [6.45, 7) is 16.5. The van der Waals surface area contributed by atoms with E-state index in [2.05, 4.69) is 60.6 Å². The Balaban J connectivity index is 4.56. The first kappa shape index (κ1) is 47.8. The topological polar surface area (TPSA) is 30.9 Å². The van der Waals surface area contributed by atoms with E-state index in [4.69, 9.17) is 14.3 Å². The molecule has 0 aliphatic heterocycles. The van der Waals surface area contributed by atoms with Gasteiger partial charge in [-0.25, -0.2) is 0 Å². The first-order chi connectivity index (χ1) is 23.1. The molecule has 0 saturated heterocycles. The molecule has 290 valence electrons. The van der Waals surface area contributed by atoms with Crippen molar-refractivity contribution in [1.82, 2.24) is 5.06 Å². The Morgan fingerprint density at radius 3 is 1.25 bits per heavy atom. The maximum absolute atomic E-state index is 6.73. The molecule has 0 N–H and O–H groups in total. The summed E-state index contributed by atoms with van der Waals surface area (Å²) in [6.07, 6.45) is 40.6. The van der Waals surface area contributed by atoms with Gasteiger partial charge in [0.05, 0.1) is 23.9 Å². The fraction of sp³-hybridized carbons (Fsp3) is 1.00. The van der Waals surface area contributed by atoms with E-state index in [1.165, 1.54) is 167 Å². The van der Waals surface area contributed by atoms with Gasteiger partial charge in [0, 0.05) is 20.2 Å². The fourth-order valence-corrected chi connectivity index (χ4v) is 6.71. The quantitative estimate of drug-likeness (QED) is 0.0479. The molecule has 0 bridgehead atoms. The van der Waals surface area contributed by atoms with E-state index in [0.717, 1.165) is 32.3 Å². The van der Waals surface area contributed by atoms with Gasteiger partial charge in [0.1, 0.15) is 0 Å². The first-order valence-electron chi connectivity index (χ1n) is 21.7. The maximum Gasteiger partial charge on any atom is 0.0793 e. The van der Waals surface area contributed by atoms with E-state index in [9.17, 15) is 0 Å². The van der Waals surface area contributed by atoms with Gasteiger partial charge in [-0.15, -0.1) is 0 Å². The number of rotatable bonds is 38. The third-order valence-electron chi connectivity index (χ3n) is 11.2. The minimum absolute atomic E-state index is 0.0948. The van der Waals surface area contributed by atoms with Crippen molar-refractivity contribution in [3.05, 3.63) is 0 Å². The highest BCUT2D eigenvalue weighted by atomic mass is 16.7. The molecule has 0 heterocycles. The molecule has 0 rings (SSSR count). The van der Waals surface area contributed by atoms with Crippen LogP contribution in [0, 0.1) is 0 Å². The van der Waals surface area contributed by atoms with Gasteiger partial charge >= 0.3 is 0 Å². The van der Waals surface area contributed by atoms with Gasteiger partial charge in [-0.2, -0.15) is 5.06 Å².